The molecule has 0 fully saturated rings. The molecule has 220 valence electrons. The van der Waals surface area contributed by atoms with Crippen LogP contribution in [-0.2, 0) is 0 Å². The summed E-state index contributed by atoms with van der Waals surface area (Å²) >= 11 is 0. The summed E-state index contributed by atoms with van der Waals surface area (Å²) in [5, 5.41) is 7.73. The minimum atomic E-state index is 1.23. The van der Waals surface area contributed by atoms with Gasteiger partial charge in [0.15, 0.2) is 0 Å². The van der Waals surface area contributed by atoms with E-state index in [1.165, 1.54) is 99.1 Å². The molecule has 8 aromatic carbocycles. The lowest BCUT2D eigenvalue weighted by Gasteiger charge is -2.25. The van der Waals surface area contributed by atoms with Gasteiger partial charge in [-0.15, -0.1) is 0 Å². The summed E-state index contributed by atoms with van der Waals surface area (Å²) in [6.45, 7) is 8.76. The third kappa shape index (κ3) is 4.61. The molecule has 0 nitrogen and oxygen atoms in total. The van der Waals surface area contributed by atoms with Crippen LogP contribution in [0.15, 0.2) is 146 Å². The Balaban J connectivity index is 1.77. The van der Waals surface area contributed by atoms with Crippen molar-refractivity contribution in [1.29, 1.82) is 0 Å². The minimum absolute atomic E-state index is 1.23. The van der Waals surface area contributed by atoms with Crippen molar-refractivity contribution in [2.75, 3.05) is 0 Å². The fourth-order valence-electron chi connectivity index (χ4n) is 7.30. The molecule has 8 aromatic rings. The van der Waals surface area contributed by atoms with Crippen LogP contribution in [-0.4, -0.2) is 0 Å². The largest absolute Gasteiger partial charge is 0.0622 e. The number of benzene rings is 8. The van der Waals surface area contributed by atoms with Crippen molar-refractivity contribution < 1.29 is 0 Å². The van der Waals surface area contributed by atoms with Crippen LogP contribution in [0.1, 0.15) is 22.3 Å². The summed E-state index contributed by atoms with van der Waals surface area (Å²) < 4.78 is 0. The second-order valence-electron chi connectivity index (χ2n) is 12.8. The van der Waals surface area contributed by atoms with Crippen LogP contribution in [0.2, 0.25) is 0 Å². The second-order valence-corrected chi connectivity index (χ2v) is 12.8. The highest BCUT2D eigenvalue weighted by atomic mass is 14.3. The van der Waals surface area contributed by atoms with Gasteiger partial charge in [-0.05, 0) is 105 Å². The van der Waals surface area contributed by atoms with Gasteiger partial charge in [-0.3, -0.25) is 0 Å². The Morgan fingerprint density at radius 3 is 0.935 bits per heavy atom. The highest BCUT2D eigenvalue weighted by Gasteiger charge is 2.26. The molecule has 0 bridgehead atoms. The molecule has 0 amide bonds. The molecular formula is C46H36. The van der Waals surface area contributed by atoms with Crippen LogP contribution in [0.3, 0.4) is 0 Å². The van der Waals surface area contributed by atoms with Crippen LogP contribution in [0, 0.1) is 27.7 Å². The fraction of sp³-hybridized carbons (Fsp3) is 0.0870. The van der Waals surface area contributed by atoms with Crippen LogP contribution in [0.5, 0.6) is 0 Å². The zero-order valence-corrected chi connectivity index (χ0v) is 26.9. The van der Waals surface area contributed by atoms with Crippen LogP contribution in [0.4, 0.5) is 0 Å². The maximum atomic E-state index is 2.40. The zero-order valence-electron chi connectivity index (χ0n) is 26.9. The van der Waals surface area contributed by atoms with E-state index < -0.39 is 0 Å². The van der Waals surface area contributed by atoms with E-state index in [1.807, 2.05) is 0 Å². The van der Waals surface area contributed by atoms with E-state index in [4.69, 9.17) is 0 Å². The van der Waals surface area contributed by atoms with Crippen LogP contribution >= 0.6 is 0 Å². The lowest BCUT2D eigenvalue weighted by Crippen LogP contribution is -1.98. The Bertz CT molecular complexity index is 2220. The zero-order chi connectivity index (χ0) is 31.4. The van der Waals surface area contributed by atoms with Crippen molar-refractivity contribution in [3.63, 3.8) is 0 Å². The van der Waals surface area contributed by atoms with Gasteiger partial charge in [0.2, 0.25) is 0 Å². The van der Waals surface area contributed by atoms with E-state index in [2.05, 4.69) is 173 Å². The standard InChI is InChI=1S/C46H36/c1-29-15-21-35(22-16-29)43-39-27-31(3)19-25-37(39)42(34-13-9-6-10-14-34)46-44(36-23-17-30(2)18-24-36)40-28-32(4)20-26-38(40)41(45(43)46)33-11-7-5-8-12-33/h5-28H,1-4H3. The van der Waals surface area contributed by atoms with Gasteiger partial charge >= 0.3 is 0 Å². The monoisotopic (exact) mass is 588 g/mol. The summed E-state index contributed by atoms with van der Waals surface area (Å²) in [5.41, 5.74) is 15.2. The smallest absolute Gasteiger partial charge is 0.000139 e. The van der Waals surface area contributed by atoms with Gasteiger partial charge in [0.05, 0.1) is 0 Å². The molecule has 0 heterocycles. The number of aryl methyl sites for hydroxylation is 4. The van der Waals surface area contributed by atoms with E-state index in [-0.39, 0.29) is 0 Å². The van der Waals surface area contributed by atoms with Crippen molar-refractivity contribution in [2.45, 2.75) is 27.7 Å². The van der Waals surface area contributed by atoms with Gasteiger partial charge in [-0.1, -0.05) is 168 Å². The Hall–Kier alpha value is -5.46. The van der Waals surface area contributed by atoms with Crippen molar-refractivity contribution in [3.05, 3.63) is 168 Å². The highest BCUT2D eigenvalue weighted by molar-refractivity contribution is 6.33. The molecule has 0 unspecified atom stereocenters. The van der Waals surface area contributed by atoms with Crippen LogP contribution < -0.4 is 0 Å². The molecule has 0 aromatic heterocycles. The first kappa shape index (κ1) is 28.0. The first-order valence-corrected chi connectivity index (χ1v) is 16.2. The van der Waals surface area contributed by atoms with E-state index in [0.717, 1.165) is 0 Å². The molecular weight excluding hydrogens is 553 g/mol. The third-order valence-electron chi connectivity index (χ3n) is 9.48. The molecule has 0 N–H and O–H groups in total. The normalized spacial score (nSPS) is 11.5. The summed E-state index contributed by atoms with van der Waals surface area (Å²) in [4.78, 5) is 0. The average molecular weight is 589 g/mol. The predicted octanol–water partition coefficient (Wildman–Crippen LogP) is 13.0. The van der Waals surface area contributed by atoms with Crippen molar-refractivity contribution in [1.82, 2.24) is 0 Å². The van der Waals surface area contributed by atoms with Crippen LogP contribution in [0.25, 0.3) is 76.8 Å². The molecule has 0 heteroatoms. The van der Waals surface area contributed by atoms with Gasteiger partial charge in [-0.25, -0.2) is 0 Å². The van der Waals surface area contributed by atoms with Gasteiger partial charge in [0.1, 0.15) is 0 Å². The molecule has 0 aliphatic carbocycles. The Kier molecular flexibility index (Phi) is 6.80. The summed E-state index contributed by atoms with van der Waals surface area (Å²) in [6, 6.07) is 54.3. The Morgan fingerprint density at radius 1 is 0.261 bits per heavy atom. The maximum Gasteiger partial charge on any atom is -0.000139 e. The fourth-order valence-corrected chi connectivity index (χ4v) is 7.30. The number of hydrogen-bond donors (Lipinski definition) is 0. The summed E-state index contributed by atoms with van der Waals surface area (Å²) in [6.07, 6.45) is 0. The maximum absolute atomic E-state index is 2.40. The van der Waals surface area contributed by atoms with Crippen molar-refractivity contribution in [2.24, 2.45) is 0 Å². The number of rotatable bonds is 4. The topological polar surface area (TPSA) is 0 Å². The molecule has 8 rings (SSSR count). The lowest BCUT2D eigenvalue weighted by molar-refractivity contribution is 1.47. The molecule has 0 aliphatic rings. The van der Waals surface area contributed by atoms with Gasteiger partial charge in [-0.2, -0.15) is 0 Å². The van der Waals surface area contributed by atoms with Crippen molar-refractivity contribution in [3.8, 4) is 44.5 Å². The Labute approximate surface area is 271 Å². The van der Waals surface area contributed by atoms with E-state index in [0.29, 0.717) is 0 Å². The first-order chi connectivity index (χ1) is 22.5. The quantitative estimate of drug-likeness (QED) is 0.179. The summed E-state index contributed by atoms with van der Waals surface area (Å²) in [7, 11) is 0. The molecule has 0 saturated heterocycles. The molecule has 0 radical (unpaired) electrons. The number of hydrogen-bond acceptors (Lipinski definition) is 0. The molecule has 0 atom stereocenters. The molecule has 46 heavy (non-hydrogen) atoms. The van der Waals surface area contributed by atoms with Gasteiger partial charge in [0, 0.05) is 0 Å². The van der Waals surface area contributed by atoms with Crippen molar-refractivity contribution >= 4 is 32.3 Å². The Morgan fingerprint density at radius 2 is 0.565 bits per heavy atom. The first-order valence-electron chi connectivity index (χ1n) is 16.2. The molecule has 0 aliphatic heterocycles. The molecule has 0 saturated carbocycles. The lowest BCUT2D eigenvalue weighted by atomic mass is 9.77. The average Bonchev–Trinajstić information content (AvgIpc) is 3.08. The van der Waals surface area contributed by atoms with E-state index in [1.54, 1.807) is 0 Å². The van der Waals surface area contributed by atoms with Gasteiger partial charge < -0.3 is 0 Å². The second kappa shape index (κ2) is 11.2. The van der Waals surface area contributed by atoms with E-state index >= 15 is 0 Å². The summed E-state index contributed by atoms with van der Waals surface area (Å²) in [5.74, 6) is 0. The number of fused-ring (bicyclic) bond motifs is 3. The highest BCUT2D eigenvalue weighted by Crippen LogP contribution is 2.53. The minimum Gasteiger partial charge on any atom is -0.0622 e. The van der Waals surface area contributed by atoms with E-state index in [9.17, 15) is 0 Å². The predicted molar refractivity (Wildman–Crippen MR) is 200 cm³/mol. The third-order valence-corrected chi connectivity index (χ3v) is 9.48. The molecule has 0 spiro atoms. The van der Waals surface area contributed by atoms with Gasteiger partial charge in [0.25, 0.3) is 0 Å². The SMILES string of the molecule is Cc1ccc(-c2c3cc(C)ccc3c(-c3ccccc3)c3c(-c4ccc(C)cc4)c4cc(C)ccc4c(-c4ccccc4)c23)cc1.